The fourth-order valence-electron chi connectivity index (χ4n) is 4.63. The Morgan fingerprint density at radius 2 is 1.70 bits per heavy atom. The van der Waals surface area contributed by atoms with Crippen LogP contribution < -0.4 is 10.6 Å². The molecule has 0 bridgehead atoms. The average molecular weight is 518 g/mol. The van der Waals surface area contributed by atoms with Gasteiger partial charge in [0.05, 0.1) is 16.5 Å². The van der Waals surface area contributed by atoms with Crippen molar-refractivity contribution < 1.29 is 23.1 Å². The van der Waals surface area contributed by atoms with Crippen LogP contribution in [-0.2, 0) is 25.8 Å². The molecule has 8 nitrogen and oxygen atoms in total. The Morgan fingerprint density at radius 1 is 1.03 bits per heavy atom. The van der Waals surface area contributed by atoms with Crippen LogP contribution in [0.1, 0.15) is 24.0 Å². The van der Waals surface area contributed by atoms with Gasteiger partial charge in [-0.3, -0.25) is 4.79 Å². The van der Waals surface area contributed by atoms with E-state index in [2.05, 4.69) is 16.7 Å². The molecule has 3 aromatic rings. The van der Waals surface area contributed by atoms with Crippen LogP contribution >= 0.6 is 0 Å². The van der Waals surface area contributed by atoms with Gasteiger partial charge in [0.15, 0.2) is 14.6 Å². The molecular weight excluding hydrogens is 490 g/mol. The Labute approximate surface area is 215 Å². The van der Waals surface area contributed by atoms with Gasteiger partial charge in [0, 0.05) is 13.0 Å². The van der Waals surface area contributed by atoms with Crippen molar-refractivity contribution in [3.63, 3.8) is 0 Å². The van der Waals surface area contributed by atoms with Crippen LogP contribution in [0.2, 0.25) is 0 Å². The number of nitriles is 1. The molecule has 1 heterocycles. The average Bonchev–Trinajstić information content (AvgIpc) is 2.93. The number of sulfone groups is 1. The molecule has 4 rings (SSSR count). The van der Waals surface area contributed by atoms with Gasteiger partial charge < -0.3 is 15.7 Å². The summed E-state index contributed by atoms with van der Waals surface area (Å²) in [5, 5.41) is 24.7. The Balaban J connectivity index is 1.58. The summed E-state index contributed by atoms with van der Waals surface area (Å²) in [4.78, 5) is 25.7. The van der Waals surface area contributed by atoms with Crippen LogP contribution in [0, 0.1) is 11.3 Å². The topological polar surface area (TPSA) is 136 Å². The van der Waals surface area contributed by atoms with Gasteiger partial charge in [0.1, 0.15) is 6.04 Å². The summed E-state index contributed by atoms with van der Waals surface area (Å²) in [5.74, 6) is -2.08. The van der Waals surface area contributed by atoms with Crippen molar-refractivity contribution in [3.05, 3.63) is 90.0 Å². The van der Waals surface area contributed by atoms with Gasteiger partial charge in [-0.25, -0.2) is 13.2 Å². The van der Waals surface area contributed by atoms with Crippen LogP contribution in [0.4, 0.5) is 0 Å². The number of carbonyl (C=O) groups is 2. The number of carboxylic acids is 1. The molecule has 1 aliphatic heterocycles. The second-order valence-corrected chi connectivity index (χ2v) is 11.3. The molecule has 1 amide bonds. The first-order valence-corrected chi connectivity index (χ1v) is 13.4. The highest BCUT2D eigenvalue weighted by Crippen LogP contribution is 2.32. The number of nitrogens with zero attached hydrogens (tertiary/aromatic N) is 1. The highest BCUT2D eigenvalue weighted by molar-refractivity contribution is 7.93. The largest absolute Gasteiger partial charge is 0.480 e. The van der Waals surface area contributed by atoms with E-state index in [4.69, 9.17) is 0 Å². The molecule has 0 saturated carbocycles. The molecule has 2 atom stereocenters. The van der Waals surface area contributed by atoms with Crippen molar-refractivity contribution in [3.8, 4) is 17.2 Å². The molecule has 37 heavy (non-hydrogen) atoms. The minimum atomic E-state index is -4.10. The van der Waals surface area contributed by atoms with Crippen molar-refractivity contribution in [2.45, 2.75) is 34.9 Å². The van der Waals surface area contributed by atoms with Crippen molar-refractivity contribution in [1.82, 2.24) is 10.6 Å². The molecule has 0 spiro atoms. The summed E-state index contributed by atoms with van der Waals surface area (Å²) < 4.78 is 25.4. The number of hydrogen-bond donors (Lipinski definition) is 3. The second kappa shape index (κ2) is 10.9. The van der Waals surface area contributed by atoms with E-state index in [9.17, 15) is 28.4 Å². The molecule has 190 valence electrons. The van der Waals surface area contributed by atoms with E-state index in [1.165, 1.54) is 12.1 Å². The highest BCUT2D eigenvalue weighted by Gasteiger charge is 2.52. The number of nitrogens with one attached hydrogen (secondary N) is 2. The molecular formula is C28H27N3O5S. The van der Waals surface area contributed by atoms with Gasteiger partial charge in [-0.1, -0.05) is 60.7 Å². The Morgan fingerprint density at radius 3 is 2.32 bits per heavy atom. The van der Waals surface area contributed by atoms with Crippen LogP contribution in [0.5, 0.6) is 0 Å². The third kappa shape index (κ3) is 5.26. The lowest BCUT2D eigenvalue weighted by Crippen LogP contribution is -2.62. The number of rotatable bonds is 8. The molecule has 3 N–H and O–H groups in total. The van der Waals surface area contributed by atoms with Gasteiger partial charge >= 0.3 is 5.97 Å². The van der Waals surface area contributed by atoms with Crippen molar-refractivity contribution in [1.29, 1.82) is 5.26 Å². The predicted molar refractivity (Wildman–Crippen MR) is 138 cm³/mol. The monoisotopic (exact) mass is 517 g/mol. The minimum absolute atomic E-state index is 0.0222. The summed E-state index contributed by atoms with van der Waals surface area (Å²) >= 11 is 0. The first-order chi connectivity index (χ1) is 17.8. The van der Waals surface area contributed by atoms with E-state index in [-0.39, 0.29) is 24.3 Å². The maximum absolute atomic E-state index is 13.6. The molecule has 1 saturated heterocycles. The van der Waals surface area contributed by atoms with Crippen molar-refractivity contribution in [2.24, 2.45) is 0 Å². The summed E-state index contributed by atoms with van der Waals surface area (Å²) in [7, 11) is -4.10. The Bertz CT molecular complexity index is 1420. The molecule has 1 fully saturated rings. The summed E-state index contributed by atoms with van der Waals surface area (Å²) in [6, 6.07) is 22.8. The number of hydrogen-bond acceptors (Lipinski definition) is 6. The molecule has 1 unspecified atom stereocenters. The van der Waals surface area contributed by atoms with E-state index >= 15 is 0 Å². The molecule has 0 radical (unpaired) electrons. The van der Waals surface area contributed by atoms with E-state index in [1.807, 2.05) is 12.1 Å². The van der Waals surface area contributed by atoms with Gasteiger partial charge in [-0.2, -0.15) is 5.26 Å². The zero-order valence-electron chi connectivity index (χ0n) is 20.1. The van der Waals surface area contributed by atoms with Crippen LogP contribution in [0.3, 0.4) is 0 Å². The number of carboxylic acid groups (broad SMARTS) is 1. The summed E-state index contributed by atoms with van der Waals surface area (Å²) in [5.41, 5.74) is 2.74. The molecule has 9 heteroatoms. The minimum Gasteiger partial charge on any atom is -0.480 e. The number of benzene rings is 3. The number of aliphatic carboxylic acids is 1. The van der Waals surface area contributed by atoms with Crippen LogP contribution in [0.15, 0.2) is 83.8 Å². The fraction of sp³-hybridized carbons (Fsp3) is 0.250. The number of piperidine rings is 1. The second-order valence-electron chi connectivity index (χ2n) is 9.01. The predicted octanol–water partition coefficient (Wildman–Crippen LogP) is 2.93. The van der Waals surface area contributed by atoms with E-state index < -0.39 is 32.5 Å². The van der Waals surface area contributed by atoms with Gasteiger partial charge in [-0.05, 0) is 54.3 Å². The molecule has 1 aliphatic rings. The first-order valence-electron chi connectivity index (χ1n) is 11.9. The van der Waals surface area contributed by atoms with Crippen LogP contribution in [0.25, 0.3) is 11.1 Å². The lowest BCUT2D eigenvalue weighted by atomic mass is 9.95. The van der Waals surface area contributed by atoms with Gasteiger partial charge in [-0.15, -0.1) is 0 Å². The highest BCUT2D eigenvalue weighted by atomic mass is 32.2. The first kappa shape index (κ1) is 26.1. The SMILES string of the molecule is N#Cc1ccccc1-c1ccc(C[C@H](NC(=O)C2(S(=O)(=O)c3ccccc3)CCCNC2)C(=O)O)cc1. The smallest absolute Gasteiger partial charge is 0.326 e. The van der Waals surface area contributed by atoms with Crippen LogP contribution in [-0.4, -0.2) is 49.3 Å². The molecule has 3 aromatic carbocycles. The third-order valence-corrected chi connectivity index (χ3v) is 9.14. The zero-order valence-corrected chi connectivity index (χ0v) is 20.9. The lowest BCUT2D eigenvalue weighted by Gasteiger charge is -2.36. The summed E-state index contributed by atoms with van der Waals surface area (Å²) in [6.07, 6.45) is 0.515. The van der Waals surface area contributed by atoms with Crippen molar-refractivity contribution >= 4 is 21.7 Å². The number of carbonyl (C=O) groups excluding carboxylic acids is 1. The maximum Gasteiger partial charge on any atom is 0.326 e. The van der Waals surface area contributed by atoms with E-state index in [0.29, 0.717) is 24.1 Å². The Kier molecular flexibility index (Phi) is 7.71. The lowest BCUT2D eigenvalue weighted by molar-refractivity contribution is -0.142. The molecule has 0 aliphatic carbocycles. The quantitative estimate of drug-likeness (QED) is 0.418. The van der Waals surface area contributed by atoms with E-state index in [0.717, 1.165) is 11.1 Å². The Hall–Kier alpha value is -4.00. The van der Waals surface area contributed by atoms with E-state index in [1.54, 1.807) is 54.6 Å². The maximum atomic E-state index is 13.6. The third-order valence-electron chi connectivity index (χ3n) is 6.68. The zero-order chi connectivity index (χ0) is 26.5. The summed E-state index contributed by atoms with van der Waals surface area (Å²) in [6.45, 7) is 0.471. The van der Waals surface area contributed by atoms with Crippen molar-refractivity contribution in [2.75, 3.05) is 13.1 Å². The van der Waals surface area contributed by atoms with Gasteiger partial charge in [0.2, 0.25) is 5.91 Å². The fourth-order valence-corrected chi connectivity index (χ4v) is 6.60. The molecule has 0 aromatic heterocycles. The number of amides is 1. The van der Waals surface area contributed by atoms with Gasteiger partial charge in [0.25, 0.3) is 0 Å². The normalized spacial score (nSPS) is 18.4. The standard InChI is InChI=1S/C28H27N3O5S/c29-18-22-7-4-5-10-24(22)21-13-11-20(12-14-21)17-25(26(32)33)31-27(34)28(15-6-16-30-19-28)37(35,36)23-8-2-1-3-9-23/h1-5,7-14,25,30H,6,15-17,19H2,(H,31,34)(H,32,33)/t25-,28?/m0/s1.